The number of Topliss-reactive ketones (excluding diaryl/α,β-unsaturated/α-hetero) is 1. The van der Waals surface area contributed by atoms with Gasteiger partial charge in [0.15, 0.2) is 5.78 Å². The number of carbonyl (C=O) groups is 1. The van der Waals surface area contributed by atoms with Crippen LogP contribution in [0.4, 0.5) is 0 Å². The lowest BCUT2D eigenvalue weighted by Gasteiger charge is -2.35. The van der Waals surface area contributed by atoms with Gasteiger partial charge in [-0.15, -0.1) is 0 Å². The topological polar surface area (TPSA) is 17.1 Å². The maximum absolute atomic E-state index is 13.7. The third-order valence-corrected chi connectivity index (χ3v) is 8.36. The van der Waals surface area contributed by atoms with Gasteiger partial charge >= 0.3 is 0 Å². The summed E-state index contributed by atoms with van der Waals surface area (Å²) in [4.78, 5) is 13.7. The first kappa shape index (κ1) is 24.2. The van der Waals surface area contributed by atoms with Gasteiger partial charge in [-0.2, -0.15) is 0 Å². The van der Waals surface area contributed by atoms with Crippen LogP contribution in [0, 0.1) is 18.3 Å². The number of aryl methyl sites for hydroxylation is 1. The third kappa shape index (κ3) is 4.84. The summed E-state index contributed by atoms with van der Waals surface area (Å²) in [5, 5.41) is 0. The molecule has 1 atom stereocenters. The molecule has 2 aliphatic carbocycles. The van der Waals surface area contributed by atoms with Crippen LogP contribution in [-0.4, -0.2) is 5.78 Å². The molecule has 0 saturated heterocycles. The predicted octanol–water partition coefficient (Wildman–Crippen LogP) is 8.97. The lowest BCUT2D eigenvalue weighted by Crippen LogP contribution is -2.26. The standard InChI is InChI=1S/C32H44O/c1-21-12-13-26(22-16-24(30(2,3)4)19-25(17-22)31(5,6)7)27-18-23(29(33)28(21)27)20-32(8)14-10-9-11-15-32/h12-13,16-17,19,23H,9-11,14-15,18,20H2,1-8H3. The second-order valence-electron chi connectivity index (χ2n) is 13.4. The van der Waals surface area contributed by atoms with Crippen molar-refractivity contribution in [2.45, 2.75) is 111 Å². The molecule has 1 unspecified atom stereocenters. The monoisotopic (exact) mass is 444 g/mol. The van der Waals surface area contributed by atoms with Gasteiger partial charge in [0.25, 0.3) is 0 Å². The molecule has 2 aromatic rings. The van der Waals surface area contributed by atoms with Crippen LogP contribution in [-0.2, 0) is 17.3 Å². The van der Waals surface area contributed by atoms with Gasteiger partial charge in [-0.25, -0.2) is 0 Å². The van der Waals surface area contributed by atoms with Crippen LogP contribution in [0.1, 0.15) is 120 Å². The molecule has 0 amide bonds. The van der Waals surface area contributed by atoms with E-state index >= 15 is 0 Å². The van der Waals surface area contributed by atoms with E-state index in [1.165, 1.54) is 59.9 Å². The minimum Gasteiger partial charge on any atom is -0.294 e. The Morgan fingerprint density at radius 3 is 2.00 bits per heavy atom. The second-order valence-corrected chi connectivity index (χ2v) is 13.4. The summed E-state index contributed by atoms with van der Waals surface area (Å²) >= 11 is 0. The van der Waals surface area contributed by atoms with Crippen LogP contribution in [0.15, 0.2) is 30.3 Å². The fourth-order valence-electron chi connectivity index (χ4n) is 6.15. The summed E-state index contributed by atoms with van der Waals surface area (Å²) in [6.45, 7) is 18.3. The lowest BCUT2D eigenvalue weighted by atomic mass is 9.70. The Morgan fingerprint density at radius 1 is 0.879 bits per heavy atom. The second kappa shape index (κ2) is 8.40. The van der Waals surface area contributed by atoms with Crippen LogP contribution in [0.5, 0.6) is 0 Å². The number of carbonyl (C=O) groups excluding carboxylic acids is 1. The molecule has 0 radical (unpaired) electrons. The summed E-state index contributed by atoms with van der Waals surface area (Å²) in [6.07, 6.45) is 8.52. The highest BCUT2D eigenvalue weighted by Crippen LogP contribution is 2.46. The molecule has 1 nitrogen and oxygen atoms in total. The zero-order valence-electron chi connectivity index (χ0n) is 22.3. The molecule has 0 aromatic heterocycles. The Hall–Kier alpha value is -1.89. The molecule has 1 fully saturated rings. The van der Waals surface area contributed by atoms with Gasteiger partial charge in [-0.3, -0.25) is 4.79 Å². The maximum Gasteiger partial charge on any atom is 0.166 e. The van der Waals surface area contributed by atoms with Crippen molar-refractivity contribution < 1.29 is 4.79 Å². The van der Waals surface area contributed by atoms with E-state index in [0.717, 1.165) is 24.0 Å². The number of benzene rings is 2. The van der Waals surface area contributed by atoms with Crippen LogP contribution in [0.2, 0.25) is 0 Å². The summed E-state index contributed by atoms with van der Waals surface area (Å²) in [5.74, 6) is 0.551. The van der Waals surface area contributed by atoms with Crippen molar-refractivity contribution in [1.29, 1.82) is 0 Å². The van der Waals surface area contributed by atoms with Gasteiger partial charge < -0.3 is 0 Å². The quantitative estimate of drug-likeness (QED) is 0.461. The van der Waals surface area contributed by atoms with Gasteiger partial charge in [-0.05, 0) is 82.2 Å². The number of fused-ring (bicyclic) bond motifs is 1. The Balaban J connectivity index is 1.78. The van der Waals surface area contributed by atoms with Crippen molar-refractivity contribution in [3.05, 3.63) is 58.1 Å². The smallest absolute Gasteiger partial charge is 0.166 e. The van der Waals surface area contributed by atoms with E-state index in [0.29, 0.717) is 11.2 Å². The zero-order chi connectivity index (χ0) is 24.2. The summed E-state index contributed by atoms with van der Waals surface area (Å²) in [7, 11) is 0. The molecule has 33 heavy (non-hydrogen) atoms. The Morgan fingerprint density at radius 2 is 1.45 bits per heavy atom. The summed E-state index contributed by atoms with van der Waals surface area (Å²) < 4.78 is 0. The van der Waals surface area contributed by atoms with Crippen LogP contribution < -0.4 is 0 Å². The molecule has 0 N–H and O–H groups in total. The molecule has 1 heteroatoms. The third-order valence-electron chi connectivity index (χ3n) is 8.36. The molecule has 4 rings (SSSR count). The average Bonchev–Trinajstić information content (AvgIpc) is 3.03. The minimum atomic E-state index is 0.0812. The van der Waals surface area contributed by atoms with E-state index in [9.17, 15) is 4.79 Å². The largest absolute Gasteiger partial charge is 0.294 e. The first-order valence-electron chi connectivity index (χ1n) is 13.1. The fraction of sp³-hybridized carbons (Fsp3) is 0.594. The normalized spacial score (nSPS) is 20.7. The Labute approximate surface area is 202 Å². The van der Waals surface area contributed by atoms with Crippen LogP contribution in [0.3, 0.4) is 0 Å². The van der Waals surface area contributed by atoms with Crippen LogP contribution in [0.25, 0.3) is 11.1 Å². The number of ketones is 1. The SMILES string of the molecule is Cc1ccc(-c2cc(C(C)(C)C)cc(C(C)(C)C)c2)c2c1C(=O)C(CC1(C)CCCCC1)C2. The molecule has 0 heterocycles. The van der Waals surface area contributed by atoms with Crippen molar-refractivity contribution in [2.24, 2.45) is 11.3 Å². The first-order valence-corrected chi connectivity index (χ1v) is 13.1. The fourth-order valence-corrected chi connectivity index (χ4v) is 6.15. The highest BCUT2D eigenvalue weighted by molar-refractivity contribution is 6.05. The molecule has 2 aromatic carbocycles. The average molecular weight is 445 g/mol. The van der Waals surface area contributed by atoms with E-state index in [-0.39, 0.29) is 16.7 Å². The Kier molecular flexibility index (Phi) is 6.17. The van der Waals surface area contributed by atoms with E-state index < -0.39 is 0 Å². The van der Waals surface area contributed by atoms with Gasteiger partial charge in [0.05, 0.1) is 0 Å². The number of rotatable bonds is 3. The van der Waals surface area contributed by atoms with E-state index in [1.807, 2.05) is 0 Å². The van der Waals surface area contributed by atoms with Crippen molar-refractivity contribution in [3.63, 3.8) is 0 Å². The van der Waals surface area contributed by atoms with E-state index in [4.69, 9.17) is 0 Å². The zero-order valence-corrected chi connectivity index (χ0v) is 22.3. The number of hydrogen-bond donors (Lipinski definition) is 0. The summed E-state index contributed by atoms with van der Waals surface area (Å²) in [5.41, 5.74) is 9.27. The van der Waals surface area contributed by atoms with E-state index in [2.05, 4.69) is 85.7 Å². The van der Waals surface area contributed by atoms with Crippen LogP contribution >= 0.6 is 0 Å². The maximum atomic E-state index is 13.7. The van der Waals surface area contributed by atoms with Gasteiger partial charge in [0, 0.05) is 11.5 Å². The molecule has 0 bridgehead atoms. The predicted molar refractivity (Wildman–Crippen MR) is 141 cm³/mol. The lowest BCUT2D eigenvalue weighted by molar-refractivity contribution is 0.0860. The highest BCUT2D eigenvalue weighted by atomic mass is 16.1. The summed E-state index contributed by atoms with van der Waals surface area (Å²) in [6, 6.07) is 11.6. The molecule has 178 valence electrons. The molecular formula is C32H44O. The van der Waals surface area contributed by atoms with Crippen molar-refractivity contribution in [3.8, 4) is 11.1 Å². The van der Waals surface area contributed by atoms with Crippen molar-refractivity contribution in [2.75, 3.05) is 0 Å². The molecular weight excluding hydrogens is 400 g/mol. The van der Waals surface area contributed by atoms with Gasteiger partial charge in [0.1, 0.15) is 0 Å². The van der Waals surface area contributed by atoms with Gasteiger partial charge in [-0.1, -0.05) is 98.1 Å². The van der Waals surface area contributed by atoms with Crippen molar-refractivity contribution in [1.82, 2.24) is 0 Å². The minimum absolute atomic E-state index is 0.0812. The highest BCUT2D eigenvalue weighted by Gasteiger charge is 2.39. The molecule has 0 spiro atoms. The van der Waals surface area contributed by atoms with Crippen molar-refractivity contribution >= 4 is 5.78 Å². The van der Waals surface area contributed by atoms with E-state index in [1.54, 1.807) is 0 Å². The first-order chi connectivity index (χ1) is 15.3. The molecule has 2 aliphatic rings. The molecule has 1 saturated carbocycles. The Bertz CT molecular complexity index is 1020. The molecule has 0 aliphatic heterocycles. The van der Waals surface area contributed by atoms with Gasteiger partial charge in [0.2, 0.25) is 0 Å². The number of hydrogen-bond acceptors (Lipinski definition) is 1.